The molecule has 1 saturated heterocycles. The van der Waals surface area contributed by atoms with Gasteiger partial charge in [0.15, 0.2) is 0 Å². The van der Waals surface area contributed by atoms with E-state index in [1.54, 1.807) is 7.11 Å². The van der Waals surface area contributed by atoms with E-state index in [0.29, 0.717) is 19.5 Å². The van der Waals surface area contributed by atoms with Gasteiger partial charge in [-0.2, -0.15) is 0 Å². The van der Waals surface area contributed by atoms with Gasteiger partial charge in [0.2, 0.25) is 0 Å². The first kappa shape index (κ1) is 15.1. The molecule has 0 bridgehead atoms. The second kappa shape index (κ2) is 7.45. The number of hydrogen-bond acceptors (Lipinski definition) is 4. The molecule has 20 heavy (non-hydrogen) atoms. The molecule has 1 unspecified atom stereocenters. The highest BCUT2D eigenvalue weighted by Gasteiger charge is 2.21. The van der Waals surface area contributed by atoms with E-state index in [2.05, 4.69) is 15.9 Å². The van der Waals surface area contributed by atoms with Crippen molar-refractivity contribution in [2.75, 3.05) is 51.3 Å². The van der Waals surface area contributed by atoms with Crippen molar-refractivity contribution in [3.05, 3.63) is 24.3 Å². The highest BCUT2D eigenvalue weighted by atomic mass is 19.1. The summed E-state index contributed by atoms with van der Waals surface area (Å²) in [6.07, 6.45) is -0.356. The van der Waals surface area contributed by atoms with E-state index in [1.807, 2.05) is 18.2 Å². The predicted octanol–water partition coefficient (Wildman–Crippen LogP) is 1.50. The van der Waals surface area contributed by atoms with Crippen LogP contribution in [0.25, 0.3) is 0 Å². The third-order valence-electron chi connectivity index (χ3n) is 3.73. The van der Waals surface area contributed by atoms with Crippen molar-refractivity contribution in [3.63, 3.8) is 0 Å². The molecular formula is C15H24FN3O. The van der Waals surface area contributed by atoms with Gasteiger partial charge < -0.3 is 15.4 Å². The summed E-state index contributed by atoms with van der Waals surface area (Å²) in [5.41, 5.74) is 6.50. The molecule has 0 spiro atoms. The van der Waals surface area contributed by atoms with Gasteiger partial charge >= 0.3 is 0 Å². The van der Waals surface area contributed by atoms with Gasteiger partial charge in [-0.1, -0.05) is 12.1 Å². The van der Waals surface area contributed by atoms with Crippen LogP contribution >= 0.6 is 0 Å². The number of halogens is 1. The maximum absolute atomic E-state index is 13.6. The van der Waals surface area contributed by atoms with Crippen LogP contribution in [0.5, 0.6) is 5.75 Å². The molecule has 0 aromatic heterocycles. The Hall–Kier alpha value is -1.33. The van der Waals surface area contributed by atoms with Crippen molar-refractivity contribution in [2.24, 2.45) is 5.73 Å². The average Bonchev–Trinajstić information content (AvgIpc) is 2.48. The lowest BCUT2D eigenvalue weighted by Gasteiger charge is -2.37. The summed E-state index contributed by atoms with van der Waals surface area (Å²) in [6, 6.07) is 8.03. The number of para-hydroxylation sites is 2. The molecule has 0 amide bonds. The Morgan fingerprint density at radius 2 is 1.95 bits per heavy atom. The molecule has 0 saturated carbocycles. The number of ether oxygens (including phenoxy) is 1. The van der Waals surface area contributed by atoms with Gasteiger partial charge in [-0.15, -0.1) is 0 Å². The number of nitrogens with zero attached hydrogens (tertiary/aromatic N) is 2. The molecule has 2 rings (SSSR count). The molecule has 1 fully saturated rings. The van der Waals surface area contributed by atoms with E-state index < -0.39 is 6.17 Å². The Morgan fingerprint density at radius 3 is 2.60 bits per heavy atom. The fourth-order valence-electron chi connectivity index (χ4n) is 2.61. The van der Waals surface area contributed by atoms with Crippen LogP contribution in [0.2, 0.25) is 0 Å². The third-order valence-corrected chi connectivity index (χ3v) is 3.73. The minimum absolute atomic E-state index is 0.419. The van der Waals surface area contributed by atoms with Gasteiger partial charge in [-0.3, -0.25) is 4.90 Å². The van der Waals surface area contributed by atoms with Crippen LogP contribution in [-0.2, 0) is 0 Å². The summed E-state index contributed by atoms with van der Waals surface area (Å²) < 4.78 is 19.0. The van der Waals surface area contributed by atoms with E-state index >= 15 is 0 Å². The molecule has 1 aromatic carbocycles. The molecule has 1 atom stereocenters. The maximum Gasteiger partial charge on any atom is 0.142 e. The number of piperazine rings is 1. The number of anilines is 1. The van der Waals surface area contributed by atoms with Gasteiger partial charge in [0.1, 0.15) is 11.9 Å². The van der Waals surface area contributed by atoms with Crippen molar-refractivity contribution in [1.29, 1.82) is 0 Å². The van der Waals surface area contributed by atoms with E-state index in [1.165, 1.54) is 0 Å². The first-order valence-corrected chi connectivity index (χ1v) is 7.19. The third kappa shape index (κ3) is 3.84. The van der Waals surface area contributed by atoms with Crippen molar-refractivity contribution in [1.82, 2.24) is 4.90 Å². The number of alkyl halides is 1. The number of benzene rings is 1. The quantitative estimate of drug-likeness (QED) is 0.858. The molecule has 1 aromatic rings. The van der Waals surface area contributed by atoms with Gasteiger partial charge in [0.05, 0.1) is 12.8 Å². The molecule has 0 radical (unpaired) electrons. The van der Waals surface area contributed by atoms with Crippen molar-refractivity contribution in [2.45, 2.75) is 12.6 Å². The SMILES string of the molecule is COc1ccccc1N1CCN(CC(F)CCN)CC1. The second-order valence-corrected chi connectivity index (χ2v) is 5.13. The summed E-state index contributed by atoms with van der Waals surface area (Å²) in [7, 11) is 1.69. The first-order chi connectivity index (χ1) is 9.74. The number of hydrogen-bond donors (Lipinski definition) is 1. The van der Waals surface area contributed by atoms with Gasteiger partial charge in [-0.25, -0.2) is 4.39 Å². The van der Waals surface area contributed by atoms with Crippen LogP contribution in [0.4, 0.5) is 10.1 Å². The lowest BCUT2D eigenvalue weighted by molar-refractivity contribution is 0.177. The Kier molecular flexibility index (Phi) is 5.61. The van der Waals surface area contributed by atoms with E-state index in [9.17, 15) is 4.39 Å². The molecule has 2 N–H and O–H groups in total. The second-order valence-electron chi connectivity index (χ2n) is 5.13. The molecule has 5 heteroatoms. The maximum atomic E-state index is 13.6. The molecule has 0 aliphatic carbocycles. The topological polar surface area (TPSA) is 41.7 Å². The van der Waals surface area contributed by atoms with E-state index in [-0.39, 0.29) is 0 Å². The highest BCUT2D eigenvalue weighted by Crippen LogP contribution is 2.28. The highest BCUT2D eigenvalue weighted by molar-refractivity contribution is 5.58. The molecule has 4 nitrogen and oxygen atoms in total. The summed E-state index contributed by atoms with van der Waals surface area (Å²) in [4.78, 5) is 4.47. The zero-order valence-electron chi connectivity index (χ0n) is 12.1. The monoisotopic (exact) mass is 281 g/mol. The predicted molar refractivity (Wildman–Crippen MR) is 80.2 cm³/mol. The lowest BCUT2D eigenvalue weighted by Crippen LogP contribution is -2.48. The van der Waals surface area contributed by atoms with Gasteiger partial charge in [0.25, 0.3) is 0 Å². The van der Waals surface area contributed by atoms with E-state index in [4.69, 9.17) is 10.5 Å². The summed E-state index contributed by atoms with van der Waals surface area (Å²) in [5, 5.41) is 0. The Morgan fingerprint density at radius 1 is 1.25 bits per heavy atom. The fraction of sp³-hybridized carbons (Fsp3) is 0.600. The largest absolute Gasteiger partial charge is 0.495 e. The van der Waals surface area contributed by atoms with Crippen LogP contribution in [0, 0.1) is 0 Å². The van der Waals surface area contributed by atoms with Gasteiger partial charge in [0, 0.05) is 32.7 Å². The van der Waals surface area contributed by atoms with Crippen LogP contribution in [-0.4, -0.2) is 57.4 Å². The normalized spacial score (nSPS) is 18.1. The fourth-order valence-corrected chi connectivity index (χ4v) is 2.61. The number of nitrogens with two attached hydrogens (primary N) is 1. The minimum atomic E-state index is -0.808. The first-order valence-electron chi connectivity index (χ1n) is 7.19. The number of rotatable bonds is 6. The molecular weight excluding hydrogens is 257 g/mol. The van der Waals surface area contributed by atoms with Gasteiger partial charge in [-0.05, 0) is 25.1 Å². The molecule has 1 heterocycles. The van der Waals surface area contributed by atoms with Crippen molar-refractivity contribution in [3.8, 4) is 5.75 Å². The summed E-state index contributed by atoms with van der Waals surface area (Å²) in [6.45, 7) is 4.47. The summed E-state index contributed by atoms with van der Waals surface area (Å²) in [5.74, 6) is 0.896. The zero-order valence-corrected chi connectivity index (χ0v) is 12.1. The standard InChI is InChI=1S/C15H24FN3O/c1-20-15-5-3-2-4-14(15)19-10-8-18(9-11-19)12-13(16)6-7-17/h2-5,13H,6-12,17H2,1H3. The van der Waals surface area contributed by atoms with Crippen LogP contribution < -0.4 is 15.4 Å². The molecule has 1 aliphatic rings. The van der Waals surface area contributed by atoms with Crippen molar-refractivity contribution >= 4 is 5.69 Å². The van der Waals surface area contributed by atoms with E-state index in [0.717, 1.165) is 37.6 Å². The molecule has 112 valence electrons. The van der Waals surface area contributed by atoms with Crippen LogP contribution in [0.1, 0.15) is 6.42 Å². The van der Waals surface area contributed by atoms with Crippen LogP contribution in [0.15, 0.2) is 24.3 Å². The van der Waals surface area contributed by atoms with Crippen LogP contribution in [0.3, 0.4) is 0 Å². The Labute approximate surface area is 120 Å². The smallest absolute Gasteiger partial charge is 0.142 e. The Balaban J connectivity index is 1.88. The lowest BCUT2D eigenvalue weighted by atomic mass is 10.2. The zero-order chi connectivity index (χ0) is 14.4. The number of methoxy groups -OCH3 is 1. The Bertz CT molecular complexity index is 408. The summed E-state index contributed by atoms with van der Waals surface area (Å²) >= 11 is 0. The van der Waals surface area contributed by atoms with Crippen molar-refractivity contribution < 1.29 is 9.13 Å². The minimum Gasteiger partial charge on any atom is -0.495 e. The average molecular weight is 281 g/mol. The molecule has 1 aliphatic heterocycles.